The molecule has 1 aliphatic heterocycles. The molecule has 0 saturated carbocycles. The van der Waals surface area contributed by atoms with Crippen molar-refractivity contribution in [3.05, 3.63) is 0 Å². The number of halogens is 15. The molecule has 2 amide bonds. The molecule has 2 N–H and O–H groups in total. The van der Waals surface area contributed by atoms with Crippen LogP contribution in [0.2, 0.25) is 0 Å². The van der Waals surface area contributed by atoms with Gasteiger partial charge in [0.2, 0.25) is 5.91 Å². The molecule has 1 atom stereocenters. The zero-order chi connectivity index (χ0) is 25.8. The number of carbonyl (C=O) groups excluding carboxylic acids is 2. The molecule has 1 fully saturated rings. The van der Waals surface area contributed by atoms with Crippen molar-refractivity contribution in [3.63, 3.8) is 0 Å². The molecule has 0 aromatic carbocycles. The summed E-state index contributed by atoms with van der Waals surface area (Å²) in [4.78, 5) is 22.3. The monoisotopic (exact) mass is 510 g/mol. The van der Waals surface area contributed by atoms with Crippen LogP contribution in [0.1, 0.15) is 19.3 Å². The number of hydrogen-bond donors (Lipinski definition) is 2. The molecule has 0 aliphatic carbocycles. The van der Waals surface area contributed by atoms with Gasteiger partial charge in [0.1, 0.15) is 6.17 Å². The van der Waals surface area contributed by atoms with Crippen molar-refractivity contribution >= 4 is 11.8 Å². The Morgan fingerprint density at radius 3 is 1.53 bits per heavy atom. The number of alkyl halides is 15. The average molecular weight is 510 g/mol. The van der Waals surface area contributed by atoms with E-state index < -0.39 is 66.1 Å². The first-order chi connectivity index (χ1) is 13.9. The van der Waals surface area contributed by atoms with E-state index in [0.29, 0.717) is 0 Å². The minimum absolute atomic E-state index is 0.175. The fourth-order valence-electron chi connectivity index (χ4n) is 2.27. The van der Waals surface area contributed by atoms with Gasteiger partial charge in [-0.1, -0.05) is 0 Å². The second kappa shape index (κ2) is 7.74. The lowest BCUT2D eigenvalue weighted by Gasteiger charge is -2.41. The SMILES string of the molecule is O=C1CCC[C@H](NC(=O)C(F)(F)C(F)(F)C(F)(F)C(F)(F)C(F)(F)C(F)(F)C(F)(F)F)N1. The average Bonchev–Trinajstić information content (AvgIpc) is 2.59. The molecule has 0 spiro atoms. The molecule has 0 unspecified atom stereocenters. The summed E-state index contributed by atoms with van der Waals surface area (Å²) >= 11 is 0. The van der Waals surface area contributed by atoms with Gasteiger partial charge in [-0.2, -0.15) is 65.9 Å². The first kappa shape index (κ1) is 27.9. The van der Waals surface area contributed by atoms with Gasteiger partial charge in [0.25, 0.3) is 5.91 Å². The molecule has 32 heavy (non-hydrogen) atoms. The van der Waals surface area contributed by atoms with E-state index in [1.807, 2.05) is 0 Å². The normalized spacial score (nSPS) is 20.1. The van der Waals surface area contributed by atoms with Crippen molar-refractivity contribution in [2.24, 2.45) is 0 Å². The maximum absolute atomic E-state index is 13.6. The van der Waals surface area contributed by atoms with Crippen LogP contribution in [0.5, 0.6) is 0 Å². The summed E-state index contributed by atoms with van der Waals surface area (Å²) in [6, 6.07) is 0. The number of nitrogens with one attached hydrogen (secondary N) is 2. The van der Waals surface area contributed by atoms with Gasteiger partial charge < -0.3 is 10.6 Å². The summed E-state index contributed by atoms with van der Waals surface area (Å²) in [6.45, 7) is 0. The third-order valence-electron chi connectivity index (χ3n) is 4.15. The lowest BCUT2D eigenvalue weighted by atomic mass is 9.90. The Morgan fingerprint density at radius 1 is 0.719 bits per heavy atom. The van der Waals surface area contributed by atoms with Crippen molar-refractivity contribution in [2.45, 2.75) is 67.1 Å². The summed E-state index contributed by atoms with van der Waals surface area (Å²) < 4.78 is 195. The van der Waals surface area contributed by atoms with Crippen LogP contribution in [0.15, 0.2) is 0 Å². The highest BCUT2D eigenvalue weighted by Crippen LogP contribution is 2.62. The zero-order valence-corrected chi connectivity index (χ0v) is 14.7. The summed E-state index contributed by atoms with van der Waals surface area (Å²) in [7, 11) is 0. The van der Waals surface area contributed by atoms with Gasteiger partial charge in [0.05, 0.1) is 0 Å². The molecular weight excluding hydrogens is 501 g/mol. The number of piperidine rings is 1. The maximum Gasteiger partial charge on any atom is 0.460 e. The number of amides is 2. The van der Waals surface area contributed by atoms with Crippen molar-refractivity contribution in [3.8, 4) is 0 Å². The zero-order valence-electron chi connectivity index (χ0n) is 14.7. The van der Waals surface area contributed by atoms with Crippen LogP contribution >= 0.6 is 0 Å². The predicted octanol–water partition coefficient (Wildman–Crippen LogP) is 4.10. The van der Waals surface area contributed by atoms with Gasteiger partial charge in [0, 0.05) is 6.42 Å². The molecule has 0 bridgehead atoms. The minimum atomic E-state index is -8.47. The summed E-state index contributed by atoms with van der Waals surface area (Å²) in [6.07, 6.45) is -10.5. The Kier molecular flexibility index (Phi) is 6.75. The second-order valence-corrected chi connectivity index (χ2v) is 6.43. The Hall–Kier alpha value is -2.11. The number of hydrogen-bond acceptors (Lipinski definition) is 2. The molecule has 188 valence electrons. The molecule has 1 heterocycles. The van der Waals surface area contributed by atoms with E-state index in [9.17, 15) is 75.4 Å². The van der Waals surface area contributed by atoms with Crippen LogP contribution in [0.4, 0.5) is 65.9 Å². The van der Waals surface area contributed by atoms with Crippen LogP contribution in [0.3, 0.4) is 0 Å². The third kappa shape index (κ3) is 3.90. The molecule has 4 nitrogen and oxygen atoms in total. The van der Waals surface area contributed by atoms with Crippen molar-refractivity contribution in [1.29, 1.82) is 0 Å². The molecule has 1 rings (SSSR count). The second-order valence-electron chi connectivity index (χ2n) is 6.43. The van der Waals surface area contributed by atoms with Gasteiger partial charge in [-0.05, 0) is 12.8 Å². The topological polar surface area (TPSA) is 58.2 Å². The first-order valence-corrected chi connectivity index (χ1v) is 7.83. The van der Waals surface area contributed by atoms with Crippen LogP contribution in [-0.4, -0.2) is 59.7 Å². The molecule has 0 aromatic heterocycles. The van der Waals surface area contributed by atoms with E-state index in [-0.39, 0.29) is 12.8 Å². The van der Waals surface area contributed by atoms with E-state index >= 15 is 0 Å². The molecule has 1 saturated heterocycles. The van der Waals surface area contributed by atoms with E-state index in [2.05, 4.69) is 0 Å². The van der Waals surface area contributed by atoms with Gasteiger partial charge in [-0.15, -0.1) is 0 Å². The van der Waals surface area contributed by atoms with E-state index in [1.165, 1.54) is 0 Å². The quantitative estimate of drug-likeness (QED) is 0.507. The lowest BCUT2D eigenvalue weighted by Crippen LogP contribution is -2.74. The molecule has 0 radical (unpaired) electrons. The van der Waals surface area contributed by atoms with Crippen LogP contribution in [-0.2, 0) is 9.59 Å². The van der Waals surface area contributed by atoms with Crippen molar-refractivity contribution in [1.82, 2.24) is 10.6 Å². The van der Waals surface area contributed by atoms with Crippen molar-refractivity contribution < 1.29 is 75.4 Å². The largest absolute Gasteiger partial charge is 0.460 e. The van der Waals surface area contributed by atoms with E-state index in [4.69, 9.17) is 0 Å². The third-order valence-corrected chi connectivity index (χ3v) is 4.15. The number of carbonyl (C=O) groups is 2. The fraction of sp³-hybridized carbons (Fsp3) is 0.846. The molecule has 19 heteroatoms. The van der Waals surface area contributed by atoms with E-state index in [1.54, 1.807) is 5.32 Å². The van der Waals surface area contributed by atoms with Gasteiger partial charge in [-0.25, -0.2) is 0 Å². The summed E-state index contributed by atoms with van der Waals surface area (Å²) in [5.74, 6) is -52.8. The lowest BCUT2D eigenvalue weighted by molar-refractivity contribution is -0.449. The fourth-order valence-corrected chi connectivity index (χ4v) is 2.27. The highest BCUT2D eigenvalue weighted by Gasteiger charge is 2.94. The van der Waals surface area contributed by atoms with Gasteiger partial charge in [-0.3, -0.25) is 9.59 Å². The maximum atomic E-state index is 13.6. The standard InChI is InChI=1S/C13H9F15N2O2/c14-7(15,6(32)30-4-2-1-3-5(31)29-4)8(16,17)9(18,19)10(20,21)11(22,23)12(24,25)13(26,27)28/h4H,1-3H2,(H,29,31)(H,30,32)/t4-/m0/s1. The molecular formula is C13H9F15N2O2. The highest BCUT2D eigenvalue weighted by molar-refractivity contribution is 5.86. The van der Waals surface area contributed by atoms with Crippen LogP contribution in [0, 0.1) is 0 Å². The Bertz CT molecular complexity index is 746. The highest BCUT2D eigenvalue weighted by atomic mass is 19.4. The summed E-state index contributed by atoms with van der Waals surface area (Å²) in [5.41, 5.74) is 0. The van der Waals surface area contributed by atoms with E-state index in [0.717, 1.165) is 5.32 Å². The molecule has 1 aliphatic rings. The Morgan fingerprint density at radius 2 is 1.12 bits per heavy atom. The smallest absolute Gasteiger partial charge is 0.336 e. The Labute approximate surface area is 166 Å². The Balaban J connectivity index is 3.38. The van der Waals surface area contributed by atoms with Gasteiger partial charge in [0.15, 0.2) is 0 Å². The van der Waals surface area contributed by atoms with Crippen molar-refractivity contribution in [2.75, 3.05) is 0 Å². The summed E-state index contributed by atoms with van der Waals surface area (Å²) in [5, 5.41) is 2.49. The first-order valence-electron chi connectivity index (χ1n) is 7.83. The minimum Gasteiger partial charge on any atom is -0.336 e. The van der Waals surface area contributed by atoms with Crippen LogP contribution < -0.4 is 10.6 Å². The van der Waals surface area contributed by atoms with Crippen LogP contribution in [0.25, 0.3) is 0 Å². The number of rotatable bonds is 7. The molecule has 0 aromatic rings. The van der Waals surface area contributed by atoms with Gasteiger partial charge >= 0.3 is 41.7 Å². The predicted molar refractivity (Wildman–Crippen MR) is 69.7 cm³/mol.